The molecule has 0 heterocycles. The lowest BCUT2D eigenvalue weighted by Crippen LogP contribution is -2.26. The molecule has 0 aliphatic carbocycles. The minimum absolute atomic E-state index is 0.0995. The van der Waals surface area contributed by atoms with Gasteiger partial charge in [-0.1, -0.05) is 0 Å². The molecule has 20 heavy (non-hydrogen) atoms. The number of carboxylic acids is 1. The van der Waals surface area contributed by atoms with Crippen LogP contribution in [0.15, 0.2) is 27.6 Å². The van der Waals surface area contributed by atoms with Gasteiger partial charge in [0.1, 0.15) is 0 Å². The van der Waals surface area contributed by atoms with Crippen molar-refractivity contribution < 1.29 is 23.4 Å². The van der Waals surface area contributed by atoms with Crippen LogP contribution in [0.1, 0.15) is 30.1 Å². The van der Waals surface area contributed by atoms with E-state index in [4.69, 9.17) is 10.2 Å². The molecule has 0 aliphatic heterocycles. The highest BCUT2D eigenvalue weighted by atomic mass is 79.9. The van der Waals surface area contributed by atoms with Crippen LogP contribution in [0.3, 0.4) is 0 Å². The normalized spacial score (nSPS) is 13.2. The Labute approximate surface area is 126 Å². The molecule has 0 amide bonds. The molecule has 1 aromatic rings. The van der Waals surface area contributed by atoms with Crippen molar-refractivity contribution in [3.8, 4) is 0 Å². The summed E-state index contributed by atoms with van der Waals surface area (Å²) >= 11 is 3.10. The van der Waals surface area contributed by atoms with E-state index in [0.717, 1.165) is 6.07 Å². The van der Waals surface area contributed by atoms with E-state index in [2.05, 4.69) is 20.7 Å². The van der Waals surface area contributed by atoms with Crippen LogP contribution in [0, 0.1) is 0 Å². The van der Waals surface area contributed by atoms with Gasteiger partial charge >= 0.3 is 5.97 Å². The van der Waals surface area contributed by atoms with E-state index >= 15 is 0 Å². The van der Waals surface area contributed by atoms with Crippen molar-refractivity contribution in [3.05, 3.63) is 28.2 Å². The minimum Gasteiger partial charge on any atom is -0.478 e. The molecular weight excluding hydrogens is 350 g/mol. The summed E-state index contributed by atoms with van der Waals surface area (Å²) in [6.07, 6.45) is 0.494. The van der Waals surface area contributed by atoms with Crippen molar-refractivity contribution in [2.75, 3.05) is 6.54 Å². The summed E-state index contributed by atoms with van der Waals surface area (Å²) in [4.78, 5) is 10.8. The van der Waals surface area contributed by atoms with Crippen LogP contribution in [0.2, 0.25) is 0 Å². The van der Waals surface area contributed by atoms with Crippen molar-refractivity contribution in [2.24, 2.45) is 0 Å². The van der Waals surface area contributed by atoms with Crippen molar-refractivity contribution in [2.45, 2.75) is 30.8 Å². The molecule has 0 saturated heterocycles. The second kappa shape index (κ2) is 7.16. The second-order valence-corrected chi connectivity index (χ2v) is 6.93. The maximum absolute atomic E-state index is 12.1. The SMILES string of the molecule is CC(O)CCCNS(=O)(=O)c1cc(C(=O)O)ccc1Br. The van der Waals surface area contributed by atoms with E-state index in [9.17, 15) is 13.2 Å². The Morgan fingerprint density at radius 1 is 1.45 bits per heavy atom. The summed E-state index contributed by atoms with van der Waals surface area (Å²) in [7, 11) is -3.79. The number of hydrogen-bond acceptors (Lipinski definition) is 4. The Morgan fingerprint density at radius 2 is 2.10 bits per heavy atom. The number of aliphatic hydroxyl groups is 1. The lowest BCUT2D eigenvalue weighted by atomic mass is 10.2. The van der Waals surface area contributed by atoms with Gasteiger partial charge in [-0.25, -0.2) is 17.9 Å². The van der Waals surface area contributed by atoms with Crippen molar-refractivity contribution in [1.29, 1.82) is 0 Å². The van der Waals surface area contributed by atoms with Crippen molar-refractivity contribution >= 4 is 31.9 Å². The zero-order valence-electron chi connectivity index (χ0n) is 10.8. The molecule has 1 rings (SSSR count). The molecule has 0 bridgehead atoms. The molecule has 0 fully saturated rings. The fourth-order valence-corrected chi connectivity index (χ4v) is 3.59. The molecular formula is C12H16BrNO5S. The van der Waals surface area contributed by atoms with Crippen LogP contribution in [0.4, 0.5) is 0 Å². The molecule has 0 aromatic heterocycles. The van der Waals surface area contributed by atoms with Crippen molar-refractivity contribution in [1.82, 2.24) is 4.72 Å². The van der Waals surface area contributed by atoms with Gasteiger partial charge in [0.05, 0.1) is 16.6 Å². The van der Waals surface area contributed by atoms with Gasteiger partial charge in [-0.05, 0) is 53.9 Å². The molecule has 0 saturated carbocycles. The first-order valence-corrected chi connectivity index (χ1v) is 8.22. The first-order valence-electron chi connectivity index (χ1n) is 5.94. The number of carboxylic acid groups (broad SMARTS) is 1. The third kappa shape index (κ3) is 4.86. The van der Waals surface area contributed by atoms with Gasteiger partial charge in [-0.3, -0.25) is 0 Å². The van der Waals surface area contributed by atoms with Gasteiger partial charge < -0.3 is 10.2 Å². The molecule has 1 aromatic carbocycles. The fraction of sp³-hybridized carbons (Fsp3) is 0.417. The van der Waals surface area contributed by atoms with Gasteiger partial charge in [0, 0.05) is 11.0 Å². The largest absolute Gasteiger partial charge is 0.478 e. The van der Waals surface area contributed by atoms with Crippen LogP contribution in [0.25, 0.3) is 0 Å². The van der Waals surface area contributed by atoms with Crippen LogP contribution in [0.5, 0.6) is 0 Å². The maximum Gasteiger partial charge on any atom is 0.335 e. The third-order valence-electron chi connectivity index (χ3n) is 2.56. The number of hydrogen-bond donors (Lipinski definition) is 3. The van der Waals surface area contributed by atoms with Gasteiger partial charge in [-0.15, -0.1) is 0 Å². The average Bonchev–Trinajstić information content (AvgIpc) is 2.34. The number of carbonyl (C=O) groups is 1. The lowest BCUT2D eigenvalue weighted by molar-refractivity contribution is 0.0696. The van der Waals surface area contributed by atoms with E-state index < -0.39 is 22.1 Å². The Hall–Kier alpha value is -0.960. The summed E-state index contributed by atoms with van der Waals surface area (Å²) in [5.74, 6) is -1.19. The van der Waals surface area contributed by atoms with Gasteiger partial charge in [0.2, 0.25) is 10.0 Å². The summed E-state index contributed by atoms with van der Waals surface area (Å²) in [5.41, 5.74) is -0.0995. The van der Waals surface area contributed by atoms with Gasteiger partial charge in [-0.2, -0.15) is 0 Å². The summed E-state index contributed by atoms with van der Waals surface area (Å²) in [6, 6.07) is 3.80. The molecule has 3 N–H and O–H groups in total. The zero-order valence-corrected chi connectivity index (χ0v) is 13.2. The molecule has 1 atom stereocenters. The van der Waals surface area contributed by atoms with E-state index in [-0.39, 0.29) is 17.0 Å². The second-order valence-electron chi connectivity index (χ2n) is 4.34. The first-order chi connectivity index (χ1) is 9.24. The van der Waals surface area contributed by atoms with Gasteiger partial charge in [0.15, 0.2) is 0 Å². The number of aromatic carboxylic acids is 1. The van der Waals surface area contributed by atoms with Crippen LogP contribution < -0.4 is 4.72 Å². The predicted molar refractivity (Wildman–Crippen MR) is 77.2 cm³/mol. The Balaban J connectivity index is 2.86. The van der Waals surface area contributed by atoms with Gasteiger partial charge in [0.25, 0.3) is 0 Å². The fourth-order valence-electron chi connectivity index (χ4n) is 1.52. The molecule has 8 heteroatoms. The molecule has 0 spiro atoms. The van der Waals surface area contributed by atoms with Crippen molar-refractivity contribution in [3.63, 3.8) is 0 Å². The number of sulfonamides is 1. The third-order valence-corrected chi connectivity index (χ3v) is 5.01. The van der Waals surface area contributed by atoms with E-state index in [1.165, 1.54) is 12.1 Å². The number of nitrogens with one attached hydrogen (secondary N) is 1. The number of benzene rings is 1. The number of halogens is 1. The Morgan fingerprint density at radius 3 is 2.65 bits per heavy atom. The minimum atomic E-state index is -3.79. The van der Waals surface area contributed by atoms with Crippen LogP contribution in [-0.4, -0.2) is 37.2 Å². The van der Waals surface area contributed by atoms with E-state index in [1.807, 2.05) is 0 Å². The lowest BCUT2D eigenvalue weighted by Gasteiger charge is -2.10. The van der Waals surface area contributed by atoms with Crippen LogP contribution in [-0.2, 0) is 10.0 Å². The number of aliphatic hydroxyl groups excluding tert-OH is 1. The van der Waals surface area contributed by atoms with Crippen LogP contribution >= 0.6 is 15.9 Å². The summed E-state index contributed by atoms with van der Waals surface area (Å²) in [5, 5.41) is 18.0. The molecule has 6 nitrogen and oxygen atoms in total. The molecule has 112 valence electrons. The monoisotopic (exact) mass is 365 g/mol. The average molecular weight is 366 g/mol. The van der Waals surface area contributed by atoms with E-state index in [1.54, 1.807) is 6.92 Å². The Kier molecular flexibility index (Phi) is 6.12. The topological polar surface area (TPSA) is 104 Å². The Bertz CT molecular complexity index is 586. The highest BCUT2D eigenvalue weighted by Crippen LogP contribution is 2.23. The quantitative estimate of drug-likeness (QED) is 0.636. The van der Waals surface area contributed by atoms with E-state index in [0.29, 0.717) is 17.3 Å². The summed E-state index contributed by atoms with van der Waals surface area (Å²) < 4.78 is 26.8. The first kappa shape index (κ1) is 17.1. The predicted octanol–water partition coefficient (Wildman–Crippen LogP) is 1.59. The molecule has 0 aliphatic rings. The number of rotatable bonds is 7. The smallest absolute Gasteiger partial charge is 0.335 e. The highest BCUT2D eigenvalue weighted by molar-refractivity contribution is 9.10. The summed E-state index contributed by atoms with van der Waals surface area (Å²) in [6.45, 7) is 1.80. The molecule has 0 radical (unpaired) electrons. The highest BCUT2D eigenvalue weighted by Gasteiger charge is 2.19. The zero-order chi connectivity index (χ0) is 15.3. The molecule has 1 unspecified atom stereocenters. The standard InChI is InChI=1S/C12H16BrNO5S/c1-8(15)3-2-6-14-20(18,19)11-7-9(12(16)17)4-5-10(11)13/h4-5,7-8,14-15H,2-3,6H2,1H3,(H,16,17). The maximum atomic E-state index is 12.1.